The number of benzene rings is 2. The van der Waals surface area contributed by atoms with E-state index in [0.717, 1.165) is 33.3 Å². The number of aryl methyl sites for hydroxylation is 1. The van der Waals surface area contributed by atoms with Gasteiger partial charge in [0, 0.05) is 17.3 Å². The molecule has 0 atom stereocenters. The van der Waals surface area contributed by atoms with Crippen molar-refractivity contribution in [3.63, 3.8) is 0 Å². The molecule has 5 aromatic rings. The maximum absolute atomic E-state index is 13.3. The number of fused-ring (bicyclic) bond motifs is 3. The zero-order chi connectivity index (χ0) is 19.3. The van der Waals surface area contributed by atoms with Crippen molar-refractivity contribution in [2.45, 2.75) is 6.92 Å². The second-order valence-corrected chi connectivity index (χ2v) is 6.61. The Balaban J connectivity index is 1.77. The van der Waals surface area contributed by atoms with Gasteiger partial charge in [0.2, 0.25) is 0 Å². The van der Waals surface area contributed by atoms with Crippen LogP contribution in [0.4, 0.5) is 10.2 Å². The van der Waals surface area contributed by atoms with Gasteiger partial charge in [-0.3, -0.25) is 9.38 Å². The smallest absolute Gasteiger partial charge is 0.180 e. The van der Waals surface area contributed by atoms with Gasteiger partial charge in [0.15, 0.2) is 11.5 Å². The van der Waals surface area contributed by atoms with Crippen molar-refractivity contribution >= 4 is 22.5 Å². The van der Waals surface area contributed by atoms with E-state index >= 15 is 0 Å². The maximum atomic E-state index is 13.3. The van der Waals surface area contributed by atoms with Gasteiger partial charge in [-0.2, -0.15) is 0 Å². The van der Waals surface area contributed by atoms with Crippen LogP contribution in [-0.4, -0.2) is 24.6 Å². The molecule has 0 saturated carbocycles. The van der Waals surface area contributed by atoms with E-state index in [1.165, 1.54) is 12.1 Å². The number of aromatic nitrogens is 5. The Bertz CT molecular complexity index is 1340. The summed E-state index contributed by atoms with van der Waals surface area (Å²) in [5, 5.41) is 8.52. The summed E-state index contributed by atoms with van der Waals surface area (Å²) in [5.74, 6) is 0.856. The second kappa shape index (κ2) is 6.09. The molecule has 136 valence electrons. The third-order valence-electron chi connectivity index (χ3n) is 4.78. The van der Waals surface area contributed by atoms with Gasteiger partial charge in [0.25, 0.3) is 0 Å². The van der Waals surface area contributed by atoms with E-state index in [-0.39, 0.29) is 5.82 Å². The Morgan fingerprint density at radius 3 is 2.43 bits per heavy atom. The first-order chi connectivity index (χ1) is 13.6. The van der Waals surface area contributed by atoms with Crippen LogP contribution < -0.4 is 5.73 Å². The predicted molar refractivity (Wildman–Crippen MR) is 106 cm³/mol. The van der Waals surface area contributed by atoms with E-state index in [1.54, 1.807) is 24.5 Å². The molecule has 0 spiro atoms. The first-order valence-corrected chi connectivity index (χ1v) is 8.72. The number of nitrogen functional groups attached to an aromatic ring is 1. The van der Waals surface area contributed by atoms with Crippen molar-refractivity contribution in [1.82, 2.24) is 24.6 Å². The molecular weight excluding hydrogens is 355 g/mol. The third-order valence-corrected chi connectivity index (χ3v) is 4.78. The Kier molecular flexibility index (Phi) is 3.55. The lowest BCUT2D eigenvalue weighted by Gasteiger charge is -2.08. The van der Waals surface area contributed by atoms with Crippen LogP contribution in [0.2, 0.25) is 0 Å². The molecule has 0 saturated heterocycles. The minimum absolute atomic E-state index is 0.294. The van der Waals surface area contributed by atoms with Crippen molar-refractivity contribution in [3.05, 3.63) is 72.3 Å². The van der Waals surface area contributed by atoms with Gasteiger partial charge in [-0.1, -0.05) is 6.07 Å². The molecule has 0 aliphatic heterocycles. The maximum Gasteiger partial charge on any atom is 0.180 e. The number of pyridine rings is 1. The van der Waals surface area contributed by atoms with E-state index < -0.39 is 0 Å². The highest BCUT2D eigenvalue weighted by atomic mass is 19.1. The van der Waals surface area contributed by atoms with Crippen LogP contribution in [0.3, 0.4) is 0 Å². The molecule has 3 heterocycles. The van der Waals surface area contributed by atoms with E-state index in [9.17, 15) is 4.39 Å². The van der Waals surface area contributed by atoms with Crippen LogP contribution in [-0.2, 0) is 0 Å². The summed E-state index contributed by atoms with van der Waals surface area (Å²) in [6, 6.07) is 14.2. The number of nitrogens with zero attached hydrogens (tertiary/aromatic N) is 5. The van der Waals surface area contributed by atoms with E-state index in [0.29, 0.717) is 17.3 Å². The summed E-state index contributed by atoms with van der Waals surface area (Å²) < 4.78 is 15.3. The minimum atomic E-state index is -0.294. The summed E-state index contributed by atoms with van der Waals surface area (Å²) in [6.07, 6.45) is 3.43. The molecular formula is C21H15FN6. The highest BCUT2D eigenvalue weighted by Crippen LogP contribution is 2.28. The van der Waals surface area contributed by atoms with Crippen molar-refractivity contribution in [3.8, 4) is 22.5 Å². The molecule has 0 amide bonds. The Morgan fingerprint density at radius 1 is 0.857 bits per heavy atom. The summed E-state index contributed by atoms with van der Waals surface area (Å²) in [4.78, 5) is 8.73. The first-order valence-electron chi connectivity index (χ1n) is 8.72. The average molecular weight is 370 g/mol. The molecule has 0 aliphatic carbocycles. The zero-order valence-electron chi connectivity index (χ0n) is 15.0. The lowest BCUT2D eigenvalue weighted by atomic mass is 10.0. The lowest BCUT2D eigenvalue weighted by Crippen LogP contribution is -1.96. The van der Waals surface area contributed by atoms with Crippen LogP contribution in [0, 0.1) is 12.7 Å². The van der Waals surface area contributed by atoms with Crippen LogP contribution in [0.5, 0.6) is 0 Å². The molecule has 7 heteroatoms. The molecule has 2 N–H and O–H groups in total. The summed E-state index contributed by atoms with van der Waals surface area (Å²) >= 11 is 0. The van der Waals surface area contributed by atoms with Crippen LogP contribution >= 0.6 is 0 Å². The normalized spacial score (nSPS) is 11.4. The van der Waals surface area contributed by atoms with Crippen molar-refractivity contribution in [2.24, 2.45) is 0 Å². The summed E-state index contributed by atoms with van der Waals surface area (Å²) in [5.41, 5.74) is 11.8. The summed E-state index contributed by atoms with van der Waals surface area (Å²) in [7, 11) is 0. The average Bonchev–Trinajstić information content (AvgIpc) is 3.15. The quantitative estimate of drug-likeness (QED) is 0.507. The van der Waals surface area contributed by atoms with Crippen LogP contribution in [0.1, 0.15) is 5.56 Å². The molecule has 3 aromatic heterocycles. The van der Waals surface area contributed by atoms with Crippen molar-refractivity contribution in [2.75, 3.05) is 5.73 Å². The first kappa shape index (κ1) is 16.3. The molecule has 2 aromatic carbocycles. The molecule has 0 fully saturated rings. The van der Waals surface area contributed by atoms with Gasteiger partial charge in [-0.15, -0.1) is 10.2 Å². The molecule has 6 nitrogen and oxygen atoms in total. The Hall–Kier alpha value is -3.87. The molecule has 0 unspecified atom stereocenters. The van der Waals surface area contributed by atoms with Crippen LogP contribution in [0.25, 0.3) is 39.2 Å². The topological polar surface area (TPSA) is 82.0 Å². The number of hydrogen-bond donors (Lipinski definition) is 1. The number of anilines is 1. The van der Waals surface area contributed by atoms with E-state index in [2.05, 4.69) is 20.2 Å². The molecule has 0 aliphatic rings. The third kappa shape index (κ3) is 2.56. The van der Waals surface area contributed by atoms with Crippen LogP contribution in [0.15, 0.2) is 60.9 Å². The fraction of sp³-hybridized carbons (Fsp3) is 0.0476. The number of halogens is 1. The highest BCUT2D eigenvalue weighted by Gasteiger charge is 2.13. The summed E-state index contributed by atoms with van der Waals surface area (Å²) in [6.45, 7) is 1.93. The Labute approximate surface area is 159 Å². The highest BCUT2D eigenvalue weighted by molar-refractivity contribution is 5.85. The second-order valence-electron chi connectivity index (χ2n) is 6.61. The minimum Gasteiger partial charge on any atom is -0.383 e. The fourth-order valence-corrected chi connectivity index (χ4v) is 3.27. The van der Waals surface area contributed by atoms with Crippen molar-refractivity contribution in [1.29, 1.82) is 0 Å². The fourth-order valence-electron chi connectivity index (χ4n) is 3.27. The molecule has 0 bridgehead atoms. The van der Waals surface area contributed by atoms with Gasteiger partial charge >= 0.3 is 0 Å². The van der Waals surface area contributed by atoms with Gasteiger partial charge in [-0.25, -0.2) is 9.37 Å². The van der Waals surface area contributed by atoms with Gasteiger partial charge < -0.3 is 5.73 Å². The predicted octanol–water partition coefficient (Wildman–Crippen LogP) is 4.04. The van der Waals surface area contributed by atoms with Gasteiger partial charge in [-0.05, 0) is 60.5 Å². The monoisotopic (exact) mass is 370 g/mol. The SMILES string of the molecule is Cc1cc(-c2ccc3ncc4nnc(-c5ccc(F)cc5)n4c3c2)cnc1N. The standard InChI is InChI=1S/C21H15FN6/c1-12-8-15(10-25-20(12)23)14-4-7-17-18(9-14)28-19(11-24-17)26-27-21(28)13-2-5-16(22)6-3-13/h2-11H,1H3,(H2,23,25). The van der Waals surface area contributed by atoms with Gasteiger partial charge in [0.1, 0.15) is 11.6 Å². The number of nitrogens with two attached hydrogens (primary N) is 1. The molecule has 28 heavy (non-hydrogen) atoms. The van der Waals surface area contributed by atoms with Crippen molar-refractivity contribution < 1.29 is 4.39 Å². The Morgan fingerprint density at radius 2 is 1.64 bits per heavy atom. The molecule has 0 radical (unpaired) electrons. The largest absolute Gasteiger partial charge is 0.383 e. The van der Waals surface area contributed by atoms with Gasteiger partial charge in [0.05, 0.1) is 17.2 Å². The van der Waals surface area contributed by atoms with E-state index in [1.807, 2.05) is 35.6 Å². The number of rotatable bonds is 2. The molecule has 5 rings (SSSR count). The lowest BCUT2D eigenvalue weighted by molar-refractivity contribution is 0.628. The van der Waals surface area contributed by atoms with E-state index in [4.69, 9.17) is 5.73 Å². The zero-order valence-corrected chi connectivity index (χ0v) is 15.0. The number of hydrogen-bond acceptors (Lipinski definition) is 5.